The fourth-order valence-electron chi connectivity index (χ4n) is 6.36. The number of H-pyrrole nitrogens is 1. The number of ether oxygens (including phenoxy) is 1. The molecule has 1 aromatic heterocycles. The second-order valence-electron chi connectivity index (χ2n) is 13.0. The Morgan fingerprint density at radius 1 is 1.09 bits per heavy atom. The van der Waals surface area contributed by atoms with Crippen LogP contribution in [0.15, 0.2) is 36.5 Å². The van der Waals surface area contributed by atoms with Crippen LogP contribution in [-0.4, -0.2) is 91.9 Å². The predicted molar refractivity (Wildman–Crippen MR) is 160 cm³/mol. The van der Waals surface area contributed by atoms with Gasteiger partial charge in [0.25, 0.3) is 5.91 Å². The zero-order valence-electron chi connectivity index (χ0n) is 26.0. The van der Waals surface area contributed by atoms with E-state index in [1.54, 1.807) is 25.7 Å². The van der Waals surface area contributed by atoms with E-state index in [1.807, 2.05) is 0 Å². The molecule has 2 N–H and O–H groups in total. The van der Waals surface area contributed by atoms with Gasteiger partial charge >= 0.3 is 12.3 Å². The quantitative estimate of drug-likeness (QED) is 0.305. The molecule has 14 heteroatoms. The van der Waals surface area contributed by atoms with Crippen LogP contribution < -0.4 is 0 Å². The Hall–Kier alpha value is -4.23. The monoisotopic (exact) mass is 646 g/mol. The third kappa shape index (κ3) is 7.26. The van der Waals surface area contributed by atoms with Crippen LogP contribution in [0.2, 0.25) is 0 Å². The van der Waals surface area contributed by atoms with Gasteiger partial charge in [0.05, 0.1) is 18.5 Å². The summed E-state index contributed by atoms with van der Waals surface area (Å²) in [5.74, 6) is -1.82. The van der Waals surface area contributed by atoms with Crippen molar-refractivity contribution in [3.63, 3.8) is 0 Å². The van der Waals surface area contributed by atoms with E-state index in [0.29, 0.717) is 12.5 Å². The molecule has 1 aromatic carbocycles. The number of hydrogen-bond acceptors (Lipinski definition) is 6. The molecule has 248 valence electrons. The minimum absolute atomic E-state index is 0.0590. The van der Waals surface area contributed by atoms with E-state index in [9.17, 15) is 31.9 Å². The fourth-order valence-corrected chi connectivity index (χ4v) is 6.36. The molecule has 2 saturated heterocycles. The maximum atomic E-state index is 14.1. The number of piperazine rings is 1. The van der Waals surface area contributed by atoms with Gasteiger partial charge in [-0.2, -0.15) is 13.2 Å². The summed E-state index contributed by atoms with van der Waals surface area (Å²) in [5, 5.41) is 8.11. The Morgan fingerprint density at radius 3 is 2.39 bits per heavy atom. The molecule has 0 radical (unpaired) electrons. The number of imidazole rings is 1. The number of nitrogens with one attached hydrogen (secondary N) is 2. The van der Waals surface area contributed by atoms with Gasteiger partial charge in [-0.05, 0) is 69.0 Å². The first-order chi connectivity index (χ1) is 21.6. The number of carbonyl (C=O) groups excluding carboxylic acids is 3. The van der Waals surface area contributed by atoms with E-state index in [4.69, 9.17) is 10.1 Å². The highest BCUT2D eigenvalue weighted by atomic mass is 19.4. The third-order valence-electron chi connectivity index (χ3n) is 8.56. The highest BCUT2D eigenvalue weighted by molar-refractivity contribution is 6.10. The summed E-state index contributed by atoms with van der Waals surface area (Å²) in [6, 6.07) is 3.72. The number of alkyl halides is 3. The smallest absolute Gasteiger partial charge is 0.420 e. The molecule has 0 spiro atoms. The van der Waals surface area contributed by atoms with Gasteiger partial charge in [-0.1, -0.05) is 32.1 Å². The number of fused-ring (bicyclic) bond motifs is 1. The highest BCUT2D eigenvalue weighted by Gasteiger charge is 2.52. The molecule has 3 amide bonds. The normalized spacial score (nSPS) is 21.4. The van der Waals surface area contributed by atoms with Crippen molar-refractivity contribution in [3.8, 4) is 0 Å². The van der Waals surface area contributed by atoms with E-state index in [-0.39, 0.29) is 42.7 Å². The zero-order valence-corrected chi connectivity index (χ0v) is 26.0. The predicted octanol–water partition coefficient (Wildman–Crippen LogP) is 5.76. The molecule has 2 atom stereocenters. The lowest BCUT2D eigenvalue weighted by Gasteiger charge is -2.40. The minimum atomic E-state index is -4.93. The molecule has 5 rings (SSSR count). The molecular weight excluding hydrogens is 608 g/mol. The lowest BCUT2D eigenvalue weighted by Crippen LogP contribution is -2.58. The number of allylic oxidation sites excluding steroid dienone is 2. The number of carbonyl (C=O) groups is 3. The van der Waals surface area contributed by atoms with E-state index in [1.165, 1.54) is 21.9 Å². The van der Waals surface area contributed by atoms with E-state index in [2.05, 4.69) is 9.97 Å². The van der Waals surface area contributed by atoms with Gasteiger partial charge in [0.15, 0.2) is 0 Å². The number of aromatic amines is 1. The van der Waals surface area contributed by atoms with Crippen LogP contribution in [0.5, 0.6) is 0 Å². The molecule has 2 aliphatic heterocycles. The molecule has 3 aliphatic rings. The summed E-state index contributed by atoms with van der Waals surface area (Å²) >= 11 is 0. The summed E-state index contributed by atoms with van der Waals surface area (Å²) < 4.78 is 61.2. The molecular formula is C32H38F4N6O4. The largest absolute Gasteiger partial charge is 0.444 e. The van der Waals surface area contributed by atoms with Crippen molar-refractivity contribution in [2.45, 2.75) is 83.3 Å². The summed E-state index contributed by atoms with van der Waals surface area (Å²) in [6.45, 7) is 5.37. The minimum Gasteiger partial charge on any atom is -0.444 e. The number of aromatic nitrogens is 2. The summed E-state index contributed by atoms with van der Waals surface area (Å²) in [7, 11) is 0. The number of hydrogen-bond donors (Lipinski definition) is 2. The van der Waals surface area contributed by atoms with E-state index >= 15 is 0 Å². The zero-order chi connectivity index (χ0) is 33.4. The molecule has 2 aromatic rings. The van der Waals surface area contributed by atoms with Gasteiger partial charge in [0.1, 0.15) is 40.7 Å². The first-order valence-corrected chi connectivity index (χ1v) is 15.4. The van der Waals surface area contributed by atoms with Crippen molar-refractivity contribution < 1.29 is 36.7 Å². The first-order valence-electron chi connectivity index (χ1n) is 15.4. The molecule has 0 bridgehead atoms. The van der Waals surface area contributed by atoms with Gasteiger partial charge in [-0.3, -0.25) is 14.5 Å². The number of rotatable bonds is 6. The van der Waals surface area contributed by atoms with Crippen molar-refractivity contribution in [2.24, 2.45) is 5.92 Å². The third-order valence-corrected chi connectivity index (χ3v) is 8.56. The van der Waals surface area contributed by atoms with Crippen LogP contribution in [0.4, 0.5) is 22.4 Å². The maximum absolute atomic E-state index is 14.1. The fraction of sp³-hybridized carbons (Fsp3) is 0.531. The Bertz CT molecular complexity index is 1510. The van der Waals surface area contributed by atoms with Crippen LogP contribution in [0, 0.1) is 17.1 Å². The Morgan fingerprint density at radius 2 is 1.76 bits per heavy atom. The second-order valence-corrected chi connectivity index (χ2v) is 13.0. The van der Waals surface area contributed by atoms with Crippen molar-refractivity contribution in [3.05, 3.63) is 59.4 Å². The highest BCUT2D eigenvalue weighted by Crippen LogP contribution is 2.36. The molecule has 10 nitrogen and oxygen atoms in total. The van der Waals surface area contributed by atoms with Crippen LogP contribution in [-0.2, 0) is 9.53 Å². The number of benzene rings is 1. The van der Waals surface area contributed by atoms with Crippen LogP contribution >= 0.6 is 0 Å². The average molecular weight is 647 g/mol. The molecule has 1 saturated carbocycles. The van der Waals surface area contributed by atoms with E-state index < -0.39 is 58.9 Å². The number of amides is 3. The Balaban J connectivity index is 1.37. The van der Waals surface area contributed by atoms with Crippen molar-refractivity contribution in [1.82, 2.24) is 24.7 Å². The van der Waals surface area contributed by atoms with Gasteiger partial charge in [0.2, 0.25) is 5.91 Å². The standard InChI is InChI=1S/C32H38F4N6O4/c1-31(2,3)46-30(45)42-25(15-19-7-5-4-6-8-19)29(44)41-14-13-40(18-26(41)42)28(43)24-17-38-27(39-24)22(32(34,35)36)16-23(37)20-9-11-21(33)12-10-20/h9-12,16-17,19,25-26,37H,4-8,13-15,18H2,1-3H3,(H,38,39)/b22-16+,37-23?/t25-,26+/m1/s1. The Labute approximate surface area is 264 Å². The van der Waals surface area contributed by atoms with Gasteiger partial charge < -0.3 is 24.9 Å². The summed E-state index contributed by atoms with van der Waals surface area (Å²) in [6.07, 6.45) is 0.900. The first kappa shape index (κ1) is 33.1. The summed E-state index contributed by atoms with van der Waals surface area (Å²) in [5.41, 5.74) is -2.79. The number of nitrogens with zero attached hydrogens (tertiary/aromatic N) is 4. The van der Waals surface area contributed by atoms with Crippen molar-refractivity contribution >= 4 is 29.2 Å². The molecule has 1 aliphatic carbocycles. The van der Waals surface area contributed by atoms with Crippen LogP contribution in [0.1, 0.15) is 81.2 Å². The van der Waals surface area contributed by atoms with Crippen molar-refractivity contribution in [1.29, 1.82) is 5.41 Å². The molecule has 3 heterocycles. The van der Waals surface area contributed by atoms with Crippen LogP contribution in [0.3, 0.4) is 0 Å². The molecule has 3 fully saturated rings. The molecule has 46 heavy (non-hydrogen) atoms. The summed E-state index contributed by atoms with van der Waals surface area (Å²) in [4.78, 5) is 51.3. The van der Waals surface area contributed by atoms with Gasteiger partial charge in [-0.15, -0.1) is 0 Å². The average Bonchev–Trinajstić information content (AvgIpc) is 3.57. The lowest BCUT2D eigenvalue weighted by atomic mass is 9.84. The second kappa shape index (κ2) is 12.9. The SMILES string of the molecule is CC(C)(C)OC(=O)N1[C@H](CC2CCCCC2)C(=O)N2CCN(C(=O)c3cnc(/C(=C\C(=N)c4ccc(F)cc4)C(F)(F)F)[nH]3)C[C@@H]21. The van der Waals surface area contributed by atoms with Gasteiger partial charge in [0, 0.05) is 13.1 Å². The Kier molecular flexibility index (Phi) is 9.28. The lowest BCUT2D eigenvalue weighted by molar-refractivity contribution is -0.131. The topological polar surface area (TPSA) is 123 Å². The van der Waals surface area contributed by atoms with Crippen molar-refractivity contribution in [2.75, 3.05) is 19.6 Å². The number of halogens is 4. The maximum Gasteiger partial charge on any atom is 0.420 e. The van der Waals surface area contributed by atoms with Crippen LogP contribution in [0.25, 0.3) is 5.57 Å². The van der Waals surface area contributed by atoms with Gasteiger partial charge in [-0.25, -0.2) is 14.2 Å². The van der Waals surface area contributed by atoms with E-state index in [0.717, 1.165) is 50.4 Å². The molecule has 0 unspecified atom stereocenters.